The summed E-state index contributed by atoms with van der Waals surface area (Å²) in [4.78, 5) is 17.4. The van der Waals surface area contributed by atoms with Gasteiger partial charge < -0.3 is 9.88 Å². The molecule has 0 aliphatic heterocycles. The van der Waals surface area contributed by atoms with Gasteiger partial charge in [-0.05, 0) is 35.7 Å². The summed E-state index contributed by atoms with van der Waals surface area (Å²) in [6, 6.07) is 9.56. The van der Waals surface area contributed by atoms with E-state index in [1.807, 2.05) is 29.1 Å². The van der Waals surface area contributed by atoms with E-state index in [2.05, 4.69) is 15.0 Å². The number of hydrogen-bond donors (Lipinski definition) is 2. The topological polar surface area (TPSA) is 93.1 Å². The first-order valence-corrected chi connectivity index (χ1v) is 10.2. The molecule has 3 aromatic rings. The fraction of sp³-hybridized carbons (Fsp3) is 0.176. The summed E-state index contributed by atoms with van der Waals surface area (Å²) < 4.78 is 29.0. The third-order valence-corrected chi connectivity index (χ3v) is 6.06. The molecule has 7 nitrogen and oxygen atoms in total. The van der Waals surface area contributed by atoms with Crippen molar-refractivity contribution >= 4 is 27.3 Å². The van der Waals surface area contributed by atoms with Gasteiger partial charge in [-0.3, -0.25) is 4.79 Å². The van der Waals surface area contributed by atoms with Crippen LogP contribution >= 0.6 is 11.3 Å². The number of hydrogen-bond acceptors (Lipinski definition) is 5. The fourth-order valence-corrected chi connectivity index (χ4v) is 4.02. The van der Waals surface area contributed by atoms with Crippen LogP contribution in [0.1, 0.15) is 21.1 Å². The van der Waals surface area contributed by atoms with Crippen molar-refractivity contribution < 1.29 is 13.2 Å². The molecule has 0 saturated carbocycles. The van der Waals surface area contributed by atoms with Gasteiger partial charge in [0.15, 0.2) is 0 Å². The van der Waals surface area contributed by atoms with Crippen LogP contribution in [0.15, 0.2) is 59.1 Å². The smallest absolute Gasteiger partial charge is 0.251 e. The minimum Gasteiger partial charge on any atom is -0.345 e. The minimum absolute atomic E-state index is 0.120. The van der Waals surface area contributed by atoms with Crippen molar-refractivity contribution in [2.75, 3.05) is 0 Å². The molecule has 3 rings (SSSR count). The lowest BCUT2D eigenvalue weighted by atomic mass is 10.2. The number of benzene rings is 1. The van der Waals surface area contributed by atoms with Gasteiger partial charge in [0.25, 0.3) is 5.91 Å². The van der Waals surface area contributed by atoms with Gasteiger partial charge in [-0.25, -0.2) is 18.1 Å². The highest BCUT2D eigenvalue weighted by Gasteiger charge is 2.15. The predicted molar refractivity (Wildman–Crippen MR) is 99.2 cm³/mol. The Bertz CT molecular complexity index is 977. The van der Waals surface area contributed by atoms with Gasteiger partial charge in [0.1, 0.15) is 5.82 Å². The average Bonchev–Trinajstić information content (AvgIpc) is 3.30. The largest absolute Gasteiger partial charge is 0.345 e. The van der Waals surface area contributed by atoms with Crippen LogP contribution in [0.3, 0.4) is 0 Å². The molecule has 0 spiro atoms. The first kappa shape index (κ1) is 18.3. The molecule has 136 valence electrons. The molecular formula is C17H18N4O3S2. The molecule has 9 heteroatoms. The van der Waals surface area contributed by atoms with E-state index in [-0.39, 0.29) is 17.3 Å². The fourth-order valence-electron chi connectivity index (χ4n) is 2.28. The molecule has 0 aliphatic rings. The molecule has 26 heavy (non-hydrogen) atoms. The Hall–Kier alpha value is -2.49. The highest BCUT2D eigenvalue weighted by atomic mass is 32.2. The maximum absolute atomic E-state index is 12.3. The van der Waals surface area contributed by atoms with Crippen LogP contribution in [0.25, 0.3) is 0 Å². The Morgan fingerprint density at radius 3 is 2.58 bits per heavy atom. The third kappa shape index (κ3) is 4.37. The van der Waals surface area contributed by atoms with Crippen molar-refractivity contribution in [1.29, 1.82) is 0 Å². The standard InChI is InChI=1S/C17H18N4O3S2/c1-21-9-8-18-16(21)12-19-17(22)13-4-6-15(7-5-13)26(23,24)20-11-14-3-2-10-25-14/h2-10,20H,11-12H2,1H3,(H,19,22). The summed E-state index contributed by atoms with van der Waals surface area (Å²) in [5, 5.41) is 4.65. The summed E-state index contributed by atoms with van der Waals surface area (Å²) in [5.74, 6) is 0.443. The van der Waals surface area contributed by atoms with Crippen molar-refractivity contribution in [2.24, 2.45) is 7.05 Å². The monoisotopic (exact) mass is 390 g/mol. The second-order valence-corrected chi connectivity index (χ2v) is 8.36. The number of nitrogens with one attached hydrogen (secondary N) is 2. The average molecular weight is 390 g/mol. The second kappa shape index (κ2) is 7.81. The molecule has 2 aromatic heterocycles. The van der Waals surface area contributed by atoms with Crippen LogP contribution in [-0.4, -0.2) is 23.9 Å². The Morgan fingerprint density at radius 2 is 1.96 bits per heavy atom. The van der Waals surface area contributed by atoms with Crippen molar-refractivity contribution in [2.45, 2.75) is 18.0 Å². The van der Waals surface area contributed by atoms with E-state index in [4.69, 9.17) is 0 Å². The van der Waals surface area contributed by atoms with Crippen LogP contribution in [0.2, 0.25) is 0 Å². The lowest BCUT2D eigenvalue weighted by Gasteiger charge is -2.08. The molecule has 0 aliphatic carbocycles. The lowest BCUT2D eigenvalue weighted by Crippen LogP contribution is -2.25. The quantitative estimate of drug-likeness (QED) is 0.644. The summed E-state index contributed by atoms with van der Waals surface area (Å²) in [6.07, 6.45) is 3.45. The summed E-state index contributed by atoms with van der Waals surface area (Å²) in [7, 11) is -1.78. The SMILES string of the molecule is Cn1ccnc1CNC(=O)c1ccc(S(=O)(=O)NCc2cccs2)cc1. The molecule has 2 heterocycles. The number of nitrogens with zero attached hydrogens (tertiary/aromatic N) is 2. The first-order valence-electron chi connectivity index (χ1n) is 7.82. The summed E-state index contributed by atoms with van der Waals surface area (Å²) in [6.45, 7) is 0.538. The minimum atomic E-state index is -3.62. The Morgan fingerprint density at radius 1 is 1.19 bits per heavy atom. The van der Waals surface area contributed by atoms with E-state index in [0.717, 1.165) is 10.7 Å². The van der Waals surface area contributed by atoms with E-state index < -0.39 is 10.0 Å². The van der Waals surface area contributed by atoms with Gasteiger partial charge in [0.05, 0.1) is 11.4 Å². The number of aromatic nitrogens is 2. The summed E-state index contributed by atoms with van der Waals surface area (Å²) >= 11 is 1.48. The van der Waals surface area contributed by atoms with Gasteiger partial charge in [-0.1, -0.05) is 6.07 Å². The first-order chi connectivity index (χ1) is 12.5. The van der Waals surface area contributed by atoms with Gasteiger partial charge in [-0.2, -0.15) is 0 Å². The number of thiophene rings is 1. The van der Waals surface area contributed by atoms with Crippen LogP contribution < -0.4 is 10.0 Å². The van der Waals surface area contributed by atoms with E-state index in [0.29, 0.717) is 12.1 Å². The number of amides is 1. The van der Waals surface area contributed by atoms with E-state index in [1.165, 1.54) is 35.6 Å². The van der Waals surface area contributed by atoms with Gasteiger partial charge in [-0.15, -0.1) is 11.3 Å². The van der Waals surface area contributed by atoms with Crippen LogP contribution in [0, 0.1) is 0 Å². The Balaban J connectivity index is 1.61. The zero-order valence-corrected chi connectivity index (χ0v) is 15.7. The van der Waals surface area contributed by atoms with Crippen molar-refractivity contribution in [3.05, 3.63) is 70.4 Å². The van der Waals surface area contributed by atoms with Crippen molar-refractivity contribution in [3.8, 4) is 0 Å². The maximum Gasteiger partial charge on any atom is 0.251 e. The molecule has 1 amide bonds. The van der Waals surface area contributed by atoms with E-state index in [1.54, 1.807) is 12.4 Å². The predicted octanol–water partition coefficient (Wildman–Crippen LogP) is 1.89. The number of carbonyl (C=O) groups is 1. The summed E-state index contributed by atoms with van der Waals surface area (Å²) in [5.41, 5.74) is 0.386. The molecule has 0 fully saturated rings. The molecule has 0 radical (unpaired) electrons. The number of sulfonamides is 1. The Labute approximate surface area is 155 Å². The van der Waals surface area contributed by atoms with Gasteiger partial charge in [0.2, 0.25) is 10.0 Å². The molecule has 1 aromatic carbocycles. The molecule has 0 atom stereocenters. The third-order valence-electron chi connectivity index (χ3n) is 3.77. The molecule has 2 N–H and O–H groups in total. The Kier molecular flexibility index (Phi) is 5.50. The number of imidazole rings is 1. The lowest BCUT2D eigenvalue weighted by molar-refractivity contribution is 0.0949. The zero-order valence-electron chi connectivity index (χ0n) is 14.0. The molecule has 0 saturated heterocycles. The van der Waals surface area contributed by atoms with Gasteiger partial charge >= 0.3 is 0 Å². The van der Waals surface area contributed by atoms with Gasteiger partial charge in [0, 0.05) is 36.4 Å². The second-order valence-electron chi connectivity index (χ2n) is 5.57. The number of aryl methyl sites for hydroxylation is 1. The normalized spacial score (nSPS) is 11.4. The van der Waals surface area contributed by atoms with E-state index >= 15 is 0 Å². The van der Waals surface area contributed by atoms with Crippen LogP contribution in [-0.2, 0) is 30.2 Å². The maximum atomic E-state index is 12.3. The van der Waals surface area contributed by atoms with E-state index in [9.17, 15) is 13.2 Å². The highest BCUT2D eigenvalue weighted by molar-refractivity contribution is 7.89. The molecular weight excluding hydrogens is 372 g/mol. The van der Waals surface area contributed by atoms with Crippen molar-refractivity contribution in [1.82, 2.24) is 19.6 Å². The zero-order chi connectivity index (χ0) is 18.6. The van der Waals surface area contributed by atoms with Crippen molar-refractivity contribution in [3.63, 3.8) is 0 Å². The molecule has 0 bridgehead atoms. The molecule has 0 unspecified atom stereocenters. The van der Waals surface area contributed by atoms with Crippen LogP contribution in [0.5, 0.6) is 0 Å². The van der Waals surface area contributed by atoms with Crippen LogP contribution in [0.4, 0.5) is 0 Å². The highest BCUT2D eigenvalue weighted by Crippen LogP contribution is 2.13. The number of rotatable bonds is 7. The number of carbonyl (C=O) groups excluding carboxylic acids is 1.